The van der Waals surface area contributed by atoms with Gasteiger partial charge in [-0.1, -0.05) is 12.1 Å². The number of fused-ring (bicyclic) bond motifs is 2. The minimum absolute atomic E-state index is 0.309. The summed E-state index contributed by atoms with van der Waals surface area (Å²) in [7, 11) is 3.81. The van der Waals surface area contributed by atoms with E-state index in [2.05, 4.69) is 30.1 Å². The van der Waals surface area contributed by atoms with E-state index in [1.165, 1.54) is 12.1 Å². The average molecular weight is 467 g/mol. The van der Waals surface area contributed by atoms with E-state index in [4.69, 9.17) is 0 Å². The Balaban J connectivity index is 1.52. The molecule has 0 atom stereocenters. The average Bonchev–Trinajstić information content (AvgIpc) is 3.49. The number of imidazole rings is 1. The third-order valence-electron chi connectivity index (χ3n) is 5.97. The summed E-state index contributed by atoms with van der Waals surface area (Å²) in [6.45, 7) is 0. The van der Waals surface area contributed by atoms with E-state index in [9.17, 15) is 4.39 Å². The van der Waals surface area contributed by atoms with E-state index in [-0.39, 0.29) is 5.82 Å². The number of hydrogen-bond acceptors (Lipinski definition) is 5. The molecule has 0 saturated heterocycles. The first-order chi connectivity index (χ1) is 17.0. The number of pyridine rings is 2. The van der Waals surface area contributed by atoms with Crippen molar-refractivity contribution in [3.63, 3.8) is 0 Å². The van der Waals surface area contributed by atoms with Gasteiger partial charge in [0.1, 0.15) is 17.3 Å². The standard InChI is InChI=1S/C26H19F2N7/c1-35(2)17-11-15(12-29-13-17)18-6-7-20-21(22(18)28)24(34-33-20)26-31-23-19(8-9-30-25(23)32-26)14-4-3-5-16(27)10-14/h3-13H,1-2H3,(H,33,34)(H,30,31,32). The van der Waals surface area contributed by atoms with Crippen molar-refractivity contribution in [3.8, 4) is 33.8 Å². The van der Waals surface area contributed by atoms with Crippen molar-refractivity contribution in [1.29, 1.82) is 0 Å². The lowest BCUT2D eigenvalue weighted by molar-refractivity contribution is 0.628. The lowest BCUT2D eigenvalue weighted by Gasteiger charge is -2.13. The van der Waals surface area contributed by atoms with Crippen LogP contribution < -0.4 is 4.90 Å². The van der Waals surface area contributed by atoms with Crippen molar-refractivity contribution < 1.29 is 8.78 Å². The number of anilines is 1. The third kappa shape index (κ3) is 3.48. The number of nitrogens with one attached hydrogen (secondary N) is 2. The molecule has 0 amide bonds. The van der Waals surface area contributed by atoms with Gasteiger partial charge in [-0.25, -0.2) is 18.7 Å². The molecule has 0 aliphatic carbocycles. The molecule has 6 rings (SSSR count). The van der Waals surface area contributed by atoms with E-state index < -0.39 is 5.82 Å². The second-order valence-electron chi connectivity index (χ2n) is 8.40. The lowest BCUT2D eigenvalue weighted by Crippen LogP contribution is -2.08. The molecule has 2 aromatic carbocycles. The molecule has 4 aromatic heterocycles. The zero-order valence-corrected chi connectivity index (χ0v) is 18.8. The van der Waals surface area contributed by atoms with Gasteiger partial charge in [-0.15, -0.1) is 0 Å². The molecule has 0 aliphatic rings. The zero-order chi connectivity index (χ0) is 24.1. The topological polar surface area (TPSA) is 86.4 Å². The summed E-state index contributed by atoms with van der Waals surface area (Å²) in [6.07, 6.45) is 4.97. The normalized spacial score (nSPS) is 11.4. The van der Waals surface area contributed by atoms with Crippen LogP contribution in [0.1, 0.15) is 0 Å². The molecule has 172 valence electrons. The van der Waals surface area contributed by atoms with Gasteiger partial charge in [0.25, 0.3) is 0 Å². The smallest absolute Gasteiger partial charge is 0.178 e. The van der Waals surface area contributed by atoms with Crippen LogP contribution in [0.15, 0.2) is 67.1 Å². The number of nitrogens with zero attached hydrogens (tertiary/aromatic N) is 5. The Morgan fingerprint density at radius 3 is 2.63 bits per heavy atom. The van der Waals surface area contributed by atoms with Crippen molar-refractivity contribution in [2.24, 2.45) is 0 Å². The van der Waals surface area contributed by atoms with Crippen LogP contribution in [0.4, 0.5) is 14.5 Å². The second kappa shape index (κ2) is 7.98. The van der Waals surface area contributed by atoms with Gasteiger partial charge in [-0.05, 0) is 42.0 Å². The van der Waals surface area contributed by atoms with Crippen LogP contribution in [0.2, 0.25) is 0 Å². The second-order valence-corrected chi connectivity index (χ2v) is 8.40. The van der Waals surface area contributed by atoms with E-state index in [0.29, 0.717) is 50.3 Å². The minimum atomic E-state index is -0.428. The summed E-state index contributed by atoms with van der Waals surface area (Å²) in [5.41, 5.74) is 5.26. The Morgan fingerprint density at radius 2 is 1.80 bits per heavy atom. The highest BCUT2D eigenvalue weighted by molar-refractivity contribution is 5.98. The first-order valence-corrected chi connectivity index (χ1v) is 10.9. The van der Waals surface area contributed by atoms with Crippen LogP contribution in [0.5, 0.6) is 0 Å². The van der Waals surface area contributed by atoms with Gasteiger partial charge in [0.2, 0.25) is 0 Å². The fraction of sp³-hybridized carbons (Fsp3) is 0.0769. The number of rotatable bonds is 4. The van der Waals surface area contributed by atoms with Crippen LogP contribution in [-0.2, 0) is 0 Å². The molecule has 0 fully saturated rings. The van der Waals surface area contributed by atoms with Gasteiger partial charge in [0, 0.05) is 43.2 Å². The summed E-state index contributed by atoms with van der Waals surface area (Å²) < 4.78 is 29.8. The van der Waals surface area contributed by atoms with Crippen LogP contribution in [0.25, 0.3) is 55.8 Å². The minimum Gasteiger partial charge on any atom is -0.376 e. The Kier molecular flexibility index (Phi) is 4.77. The highest BCUT2D eigenvalue weighted by atomic mass is 19.1. The molecule has 0 aliphatic heterocycles. The van der Waals surface area contributed by atoms with Crippen LogP contribution in [0, 0.1) is 11.6 Å². The maximum absolute atomic E-state index is 15.9. The molecule has 4 heterocycles. The van der Waals surface area contributed by atoms with Gasteiger partial charge >= 0.3 is 0 Å². The fourth-order valence-electron chi connectivity index (χ4n) is 4.21. The molecule has 0 bridgehead atoms. The van der Waals surface area contributed by atoms with Crippen LogP contribution in [0.3, 0.4) is 0 Å². The number of hydrogen-bond donors (Lipinski definition) is 2. The predicted molar refractivity (Wildman–Crippen MR) is 132 cm³/mol. The molecule has 0 unspecified atom stereocenters. The maximum Gasteiger partial charge on any atom is 0.178 e. The SMILES string of the molecule is CN(C)c1cncc(-c2ccc3[nH]nc(-c4nc5nccc(-c6cccc(F)c6)c5[nH]4)c3c2F)c1. The molecular weight excluding hydrogens is 448 g/mol. The molecule has 0 saturated carbocycles. The highest BCUT2D eigenvalue weighted by Crippen LogP contribution is 2.35. The van der Waals surface area contributed by atoms with Crippen LogP contribution in [-0.4, -0.2) is 44.2 Å². The van der Waals surface area contributed by atoms with Gasteiger partial charge < -0.3 is 9.88 Å². The van der Waals surface area contributed by atoms with Crippen molar-refractivity contribution in [1.82, 2.24) is 30.1 Å². The Bertz CT molecular complexity index is 1720. The summed E-state index contributed by atoms with van der Waals surface area (Å²) in [5.74, 6) is -0.408. The quantitative estimate of drug-likeness (QED) is 0.354. The summed E-state index contributed by atoms with van der Waals surface area (Å²) in [5, 5.41) is 7.55. The molecular formula is C26H19F2N7. The van der Waals surface area contributed by atoms with E-state index in [1.807, 2.05) is 31.1 Å². The Hall–Kier alpha value is -4.66. The lowest BCUT2D eigenvalue weighted by atomic mass is 10.0. The first kappa shape index (κ1) is 20.9. The molecule has 0 spiro atoms. The molecule has 9 heteroatoms. The monoisotopic (exact) mass is 467 g/mol. The number of halogens is 2. The predicted octanol–water partition coefficient (Wildman–Crippen LogP) is 5.57. The van der Waals surface area contributed by atoms with Gasteiger partial charge in [0.15, 0.2) is 11.5 Å². The number of benzene rings is 2. The molecule has 7 nitrogen and oxygen atoms in total. The van der Waals surface area contributed by atoms with E-state index in [0.717, 1.165) is 11.3 Å². The molecule has 2 N–H and O–H groups in total. The molecule has 35 heavy (non-hydrogen) atoms. The summed E-state index contributed by atoms with van der Waals surface area (Å²) in [6, 6.07) is 13.4. The van der Waals surface area contributed by atoms with Crippen molar-refractivity contribution >= 4 is 27.8 Å². The summed E-state index contributed by atoms with van der Waals surface area (Å²) >= 11 is 0. The van der Waals surface area contributed by atoms with Gasteiger partial charge in [-0.2, -0.15) is 5.10 Å². The zero-order valence-electron chi connectivity index (χ0n) is 18.8. The number of aromatic amines is 2. The Morgan fingerprint density at radius 1 is 0.914 bits per heavy atom. The first-order valence-electron chi connectivity index (χ1n) is 10.9. The summed E-state index contributed by atoms with van der Waals surface area (Å²) in [4.78, 5) is 18.3. The van der Waals surface area contributed by atoms with Crippen molar-refractivity contribution in [2.45, 2.75) is 0 Å². The Labute approximate surface area is 198 Å². The third-order valence-corrected chi connectivity index (χ3v) is 5.97. The molecule has 6 aromatic rings. The number of aromatic nitrogens is 6. The van der Waals surface area contributed by atoms with Crippen LogP contribution >= 0.6 is 0 Å². The van der Waals surface area contributed by atoms with Crippen molar-refractivity contribution in [2.75, 3.05) is 19.0 Å². The van der Waals surface area contributed by atoms with E-state index >= 15 is 4.39 Å². The number of H-pyrrole nitrogens is 2. The molecule has 0 radical (unpaired) electrons. The van der Waals surface area contributed by atoms with E-state index in [1.54, 1.807) is 42.9 Å². The fourth-order valence-corrected chi connectivity index (χ4v) is 4.21. The largest absolute Gasteiger partial charge is 0.376 e. The van der Waals surface area contributed by atoms with Crippen molar-refractivity contribution in [3.05, 3.63) is 78.8 Å². The highest BCUT2D eigenvalue weighted by Gasteiger charge is 2.21. The maximum atomic E-state index is 15.9. The van der Waals surface area contributed by atoms with Gasteiger partial charge in [-0.3, -0.25) is 10.1 Å². The van der Waals surface area contributed by atoms with Gasteiger partial charge in [0.05, 0.1) is 28.3 Å².